The van der Waals surface area contributed by atoms with Gasteiger partial charge in [-0.15, -0.1) is 0 Å². The molecule has 0 aliphatic carbocycles. The number of pyridine rings is 1. The largest absolute Gasteiger partial charge is 0.444 e. The van der Waals surface area contributed by atoms with Crippen LogP contribution >= 0.6 is 15.9 Å². The van der Waals surface area contributed by atoms with Gasteiger partial charge >= 0.3 is 0 Å². The molecule has 0 spiro atoms. The summed E-state index contributed by atoms with van der Waals surface area (Å²) in [7, 11) is 0. The second-order valence-electron chi connectivity index (χ2n) is 5.69. The van der Waals surface area contributed by atoms with Crippen LogP contribution in [-0.2, 0) is 0 Å². The number of imidazole rings is 1. The van der Waals surface area contributed by atoms with Gasteiger partial charge in [-0.25, -0.2) is 4.98 Å². The van der Waals surface area contributed by atoms with Crippen molar-refractivity contribution >= 4 is 33.2 Å². The lowest BCUT2D eigenvalue weighted by molar-refractivity contribution is 0.0995. The maximum absolute atomic E-state index is 12.2. The van der Waals surface area contributed by atoms with Gasteiger partial charge in [-0.05, 0) is 58.7 Å². The lowest BCUT2D eigenvalue weighted by Crippen LogP contribution is -2.10. The average molecular weight is 396 g/mol. The summed E-state index contributed by atoms with van der Waals surface area (Å²) < 4.78 is 7.79. The van der Waals surface area contributed by atoms with E-state index in [1.807, 2.05) is 60.1 Å². The van der Waals surface area contributed by atoms with Gasteiger partial charge in [0.2, 0.25) is 0 Å². The third-order valence-corrected chi connectivity index (χ3v) is 4.32. The Morgan fingerprint density at radius 1 is 1.20 bits per heavy atom. The molecule has 1 aromatic carbocycles. The molecule has 0 saturated heterocycles. The molecule has 0 atom stereocenters. The number of aromatic nitrogens is 2. The zero-order valence-electron chi connectivity index (χ0n) is 13.4. The molecule has 0 bridgehead atoms. The van der Waals surface area contributed by atoms with Crippen molar-refractivity contribution in [2.24, 2.45) is 0 Å². The van der Waals surface area contributed by atoms with Gasteiger partial charge < -0.3 is 14.1 Å². The fourth-order valence-electron chi connectivity index (χ4n) is 2.68. The number of hydrogen-bond acceptors (Lipinski definition) is 3. The number of carbonyl (C=O) groups is 1. The van der Waals surface area contributed by atoms with Gasteiger partial charge in [-0.3, -0.25) is 4.79 Å². The second kappa shape index (κ2) is 6.22. The normalized spacial score (nSPS) is 11.0. The minimum atomic E-state index is -0.298. The van der Waals surface area contributed by atoms with E-state index in [-0.39, 0.29) is 11.7 Å². The number of amides is 1. The van der Waals surface area contributed by atoms with E-state index in [1.54, 1.807) is 12.1 Å². The molecular weight excluding hydrogens is 382 g/mol. The highest BCUT2D eigenvalue weighted by molar-refractivity contribution is 9.10. The summed E-state index contributed by atoms with van der Waals surface area (Å²) in [5.74, 6) is -0.0469. The molecule has 5 nitrogen and oxygen atoms in total. The van der Waals surface area contributed by atoms with Gasteiger partial charge in [0.25, 0.3) is 5.91 Å². The van der Waals surface area contributed by atoms with Crippen LogP contribution in [0.1, 0.15) is 16.1 Å². The highest BCUT2D eigenvalue weighted by atomic mass is 79.9. The van der Waals surface area contributed by atoms with Crippen LogP contribution in [0.5, 0.6) is 0 Å². The number of nitrogens with one attached hydrogen (secondary N) is 1. The summed E-state index contributed by atoms with van der Waals surface area (Å²) in [5.41, 5.74) is 4.51. The number of hydrogen-bond donors (Lipinski definition) is 1. The standard InChI is InChI=1S/C19H14BrN3O2/c1-12-4-3-9-23-11-15(22-18(12)23)13-5-2-6-14(10-13)21-19(24)16-7-8-17(20)25-16/h2-11H,1H3,(H,21,24). The maximum atomic E-state index is 12.2. The molecule has 124 valence electrons. The maximum Gasteiger partial charge on any atom is 0.291 e. The molecule has 25 heavy (non-hydrogen) atoms. The number of benzene rings is 1. The SMILES string of the molecule is Cc1cccn2cc(-c3cccc(NC(=O)c4ccc(Br)o4)c3)nc12. The number of rotatable bonds is 3. The van der Waals surface area contributed by atoms with Crippen molar-refractivity contribution < 1.29 is 9.21 Å². The Hall–Kier alpha value is -2.86. The quantitative estimate of drug-likeness (QED) is 0.535. The first-order valence-electron chi connectivity index (χ1n) is 7.71. The topological polar surface area (TPSA) is 59.5 Å². The van der Waals surface area contributed by atoms with E-state index in [4.69, 9.17) is 4.42 Å². The van der Waals surface area contributed by atoms with E-state index in [0.717, 1.165) is 22.5 Å². The Bertz CT molecular complexity index is 1080. The van der Waals surface area contributed by atoms with Crippen LogP contribution in [0.4, 0.5) is 5.69 Å². The van der Waals surface area contributed by atoms with Gasteiger partial charge in [0.1, 0.15) is 5.65 Å². The predicted molar refractivity (Wildman–Crippen MR) is 99.7 cm³/mol. The van der Waals surface area contributed by atoms with E-state index in [2.05, 4.69) is 26.2 Å². The molecule has 4 rings (SSSR count). The van der Waals surface area contributed by atoms with E-state index in [0.29, 0.717) is 10.4 Å². The number of anilines is 1. The Morgan fingerprint density at radius 3 is 2.84 bits per heavy atom. The highest BCUT2D eigenvalue weighted by Crippen LogP contribution is 2.24. The number of furan rings is 1. The van der Waals surface area contributed by atoms with Crippen molar-refractivity contribution in [1.82, 2.24) is 9.38 Å². The van der Waals surface area contributed by atoms with Gasteiger partial charge in [-0.1, -0.05) is 18.2 Å². The first-order chi connectivity index (χ1) is 12.1. The first kappa shape index (κ1) is 15.7. The number of carbonyl (C=O) groups excluding carboxylic acids is 1. The molecule has 3 heterocycles. The van der Waals surface area contributed by atoms with Crippen molar-refractivity contribution in [2.45, 2.75) is 6.92 Å². The Balaban J connectivity index is 1.64. The summed E-state index contributed by atoms with van der Waals surface area (Å²) in [6.45, 7) is 2.03. The fraction of sp³-hybridized carbons (Fsp3) is 0.0526. The van der Waals surface area contributed by atoms with E-state index in [1.165, 1.54) is 0 Å². The van der Waals surface area contributed by atoms with Crippen molar-refractivity contribution in [3.05, 3.63) is 76.9 Å². The summed E-state index contributed by atoms with van der Waals surface area (Å²) >= 11 is 3.19. The molecule has 0 aliphatic rings. The van der Waals surface area contributed by atoms with Crippen LogP contribution in [0.2, 0.25) is 0 Å². The summed E-state index contributed by atoms with van der Waals surface area (Å²) in [5, 5.41) is 2.84. The lowest BCUT2D eigenvalue weighted by Gasteiger charge is -2.05. The Kier molecular flexibility index (Phi) is 3.89. The summed E-state index contributed by atoms with van der Waals surface area (Å²) in [4.78, 5) is 16.9. The molecule has 0 radical (unpaired) electrons. The van der Waals surface area contributed by atoms with E-state index in [9.17, 15) is 4.79 Å². The molecule has 6 heteroatoms. The summed E-state index contributed by atoms with van der Waals surface area (Å²) in [6.07, 6.45) is 3.95. The molecule has 1 amide bonds. The molecule has 0 fully saturated rings. The number of halogens is 1. The van der Waals surface area contributed by atoms with Crippen LogP contribution < -0.4 is 5.32 Å². The van der Waals surface area contributed by atoms with Crippen molar-refractivity contribution in [1.29, 1.82) is 0 Å². The zero-order chi connectivity index (χ0) is 17.4. The van der Waals surface area contributed by atoms with Crippen molar-refractivity contribution in [2.75, 3.05) is 5.32 Å². The van der Waals surface area contributed by atoms with Gasteiger partial charge in [0.05, 0.1) is 5.69 Å². The Morgan fingerprint density at radius 2 is 2.08 bits per heavy atom. The van der Waals surface area contributed by atoms with Crippen LogP contribution in [0.25, 0.3) is 16.9 Å². The third-order valence-electron chi connectivity index (χ3n) is 3.89. The zero-order valence-corrected chi connectivity index (χ0v) is 14.9. The monoisotopic (exact) mass is 395 g/mol. The molecule has 0 saturated carbocycles. The number of nitrogens with zero attached hydrogens (tertiary/aromatic N) is 2. The summed E-state index contributed by atoms with van der Waals surface area (Å²) in [6, 6.07) is 14.9. The first-order valence-corrected chi connectivity index (χ1v) is 8.51. The molecule has 0 unspecified atom stereocenters. The van der Waals surface area contributed by atoms with E-state index >= 15 is 0 Å². The molecule has 4 aromatic rings. The second-order valence-corrected chi connectivity index (χ2v) is 6.47. The Labute approximate surface area is 152 Å². The number of fused-ring (bicyclic) bond motifs is 1. The minimum absolute atomic E-state index is 0.251. The fourth-order valence-corrected chi connectivity index (χ4v) is 2.98. The lowest BCUT2D eigenvalue weighted by atomic mass is 10.1. The third kappa shape index (κ3) is 3.08. The molecular formula is C19H14BrN3O2. The molecule has 0 aliphatic heterocycles. The average Bonchev–Trinajstić information content (AvgIpc) is 3.22. The van der Waals surface area contributed by atoms with Crippen LogP contribution in [0.15, 0.2) is 70.0 Å². The van der Waals surface area contributed by atoms with Crippen molar-refractivity contribution in [3.63, 3.8) is 0 Å². The van der Waals surface area contributed by atoms with Crippen molar-refractivity contribution in [3.8, 4) is 11.3 Å². The van der Waals surface area contributed by atoms with Crippen LogP contribution in [-0.4, -0.2) is 15.3 Å². The number of aryl methyl sites for hydroxylation is 1. The predicted octanol–water partition coefficient (Wildman–Crippen LogP) is 4.92. The minimum Gasteiger partial charge on any atom is -0.444 e. The van der Waals surface area contributed by atoms with Gasteiger partial charge in [0, 0.05) is 23.6 Å². The highest BCUT2D eigenvalue weighted by Gasteiger charge is 2.12. The van der Waals surface area contributed by atoms with Gasteiger partial charge in [0.15, 0.2) is 10.4 Å². The van der Waals surface area contributed by atoms with Gasteiger partial charge in [-0.2, -0.15) is 0 Å². The van der Waals surface area contributed by atoms with Crippen LogP contribution in [0, 0.1) is 6.92 Å². The van der Waals surface area contributed by atoms with Crippen LogP contribution in [0.3, 0.4) is 0 Å². The molecule has 1 N–H and O–H groups in total. The van der Waals surface area contributed by atoms with E-state index < -0.39 is 0 Å². The smallest absolute Gasteiger partial charge is 0.291 e. The molecule has 3 aromatic heterocycles.